The van der Waals surface area contributed by atoms with Gasteiger partial charge in [-0.2, -0.15) is 0 Å². The normalized spacial score (nSPS) is 16.8. The summed E-state index contributed by atoms with van der Waals surface area (Å²) in [7, 11) is 3.19. The van der Waals surface area contributed by atoms with Gasteiger partial charge in [0.2, 0.25) is 0 Å². The summed E-state index contributed by atoms with van der Waals surface area (Å²) in [6.45, 7) is 1.04. The van der Waals surface area contributed by atoms with Gasteiger partial charge >= 0.3 is 0 Å². The maximum absolute atomic E-state index is 13.8. The third-order valence-electron chi connectivity index (χ3n) is 6.99. The van der Waals surface area contributed by atoms with E-state index in [1.54, 1.807) is 14.2 Å². The SMILES string of the molecule is COc1ccc(/C=C(/C(=O)N2CCC3(CC2)CC(=O)c2ccccc2O3)c2ccccc2)cc1OC. The van der Waals surface area contributed by atoms with E-state index < -0.39 is 5.60 Å². The van der Waals surface area contributed by atoms with E-state index in [0.29, 0.717) is 60.7 Å². The molecule has 1 saturated heterocycles. The molecule has 1 spiro atoms. The van der Waals surface area contributed by atoms with E-state index in [0.717, 1.165) is 11.1 Å². The minimum atomic E-state index is -0.553. The van der Waals surface area contributed by atoms with Gasteiger partial charge in [-0.15, -0.1) is 0 Å². The number of para-hydroxylation sites is 1. The lowest BCUT2D eigenvalue weighted by Crippen LogP contribution is -2.52. The van der Waals surface area contributed by atoms with Gasteiger partial charge in [0.15, 0.2) is 17.3 Å². The molecule has 3 aromatic carbocycles. The lowest BCUT2D eigenvalue weighted by Gasteiger charge is -2.44. The molecule has 2 aliphatic rings. The van der Waals surface area contributed by atoms with Crippen LogP contribution in [0.5, 0.6) is 17.2 Å². The van der Waals surface area contributed by atoms with Gasteiger partial charge in [-0.25, -0.2) is 0 Å². The molecule has 1 fully saturated rings. The van der Waals surface area contributed by atoms with Gasteiger partial charge in [-0.05, 0) is 41.5 Å². The predicted molar refractivity (Wildman–Crippen MR) is 138 cm³/mol. The van der Waals surface area contributed by atoms with Crippen LogP contribution >= 0.6 is 0 Å². The first kappa shape index (κ1) is 23.7. The van der Waals surface area contributed by atoms with Crippen LogP contribution in [0.15, 0.2) is 72.8 Å². The summed E-state index contributed by atoms with van der Waals surface area (Å²) in [5.41, 5.74) is 2.37. The van der Waals surface area contributed by atoms with Gasteiger partial charge in [-0.1, -0.05) is 48.5 Å². The van der Waals surface area contributed by atoms with Gasteiger partial charge in [0, 0.05) is 31.5 Å². The number of nitrogens with zero attached hydrogens (tertiary/aromatic N) is 1. The van der Waals surface area contributed by atoms with Crippen molar-refractivity contribution in [1.29, 1.82) is 0 Å². The van der Waals surface area contributed by atoms with Crippen LogP contribution in [0.25, 0.3) is 11.6 Å². The minimum absolute atomic E-state index is 0.0478. The number of ketones is 1. The number of hydrogen-bond donors (Lipinski definition) is 0. The second-order valence-electron chi connectivity index (χ2n) is 9.21. The van der Waals surface area contributed by atoms with Crippen molar-refractivity contribution in [3.8, 4) is 17.2 Å². The second kappa shape index (κ2) is 9.90. The van der Waals surface area contributed by atoms with Gasteiger partial charge in [0.1, 0.15) is 11.4 Å². The number of Topliss-reactive ketones (excluding diaryl/α,β-unsaturated/α-hetero) is 1. The molecule has 0 bridgehead atoms. The quantitative estimate of drug-likeness (QED) is 0.365. The van der Waals surface area contributed by atoms with Gasteiger partial charge in [0.25, 0.3) is 5.91 Å². The Bertz CT molecular complexity index is 1310. The van der Waals surface area contributed by atoms with Gasteiger partial charge in [0.05, 0.1) is 26.2 Å². The van der Waals surface area contributed by atoms with E-state index in [1.807, 2.05) is 83.8 Å². The molecule has 6 nitrogen and oxygen atoms in total. The van der Waals surface area contributed by atoms with Crippen molar-refractivity contribution in [2.24, 2.45) is 0 Å². The van der Waals surface area contributed by atoms with Crippen molar-refractivity contribution < 1.29 is 23.8 Å². The molecule has 0 radical (unpaired) electrons. The lowest BCUT2D eigenvalue weighted by molar-refractivity contribution is -0.128. The highest BCUT2D eigenvalue weighted by atomic mass is 16.5. The third kappa shape index (κ3) is 4.59. The summed E-state index contributed by atoms with van der Waals surface area (Å²) in [5.74, 6) is 1.94. The first-order valence-electron chi connectivity index (χ1n) is 12.1. The zero-order chi connectivity index (χ0) is 25.1. The number of rotatable bonds is 5. The maximum atomic E-state index is 13.8. The first-order chi connectivity index (χ1) is 17.5. The number of ether oxygens (including phenoxy) is 3. The Morgan fingerprint density at radius 1 is 0.917 bits per heavy atom. The van der Waals surface area contributed by atoms with Crippen LogP contribution in [0.4, 0.5) is 0 Å². The van der Waals surface area contributed by atoms with E-state index >= 15 is 0 Å². The number of benzene rings is 3. The van der Waals surface area contributed by atoms with Crippen LogP contribution < -0.4 is 14.2 Å². The number of amides is 1. The molecule has 0 atom stereocenters. The zero-order valence-electron chi connectivity index (χ0n) is 20.5. The Balaban J connectivity index is 1.39. The molecule has 36 heavy (non-hydrogen) atoms. The average molecular weight is 484 g/mol. The van der Waals surface area contributed by atoms with E-state index in [4.69, 9.17) is 14.2 Å². The molecule has 3 aromatic rings. The Labute approximate surface area is 211 Å². The van der Waals surface area contributed by atoms with Crippen molar-refractivity contribution in [3.63, 3.8) is 0 Å². The molecule has 6 heteroatoms. The summed E-state index contributed by atoms with van der Waals surface area (Å²) in [5, 5.41) is 0. The Hall–Kier alpha value is -4.06. The molecule has 0 aliphatic carbocycles. The highest BCUT2D eigenvalue weighted by Gasteiger charge is 2.43. The molecule has 184 valence electrons. The number of likely N-dealkylation sites (tertiary alicyclic amines) is 1. The van der Waals surface area contributed by atoms with Crippen LogP contribution in [0, 0.1) is 0 Å². The molecule has 0 unspecified atom stereocenters. The number of fused-ring (bicyclic) bond motifs is 1. The Morgan fingerprint density at radius 2 is 1.61 bits per heavy atom. The fraction of sp³-hybridized carbons (Fsp3) is 0.267. The monoisotopic (exact) mass is 483 g/mol. The number of carbonyl (C=O) groups is 2. The van der Waals surface area contributed by atoms with Crippen molar-refractivity contribution in [3.05, 3.63) is 89.5 Å². The molecule has 0 aromatic heterocycles. The molecular weight excluding hydrogens is 454 g/mol. The lowest BCUT2D eigenvalue weighted by atomic mass is 9.82. The molecule has 0 saturated carbocycles. The van der Waals surface area contributed by atoms with E-state index in [-0.39, 0.29) is 11.7 Å². The van der Waals surface area contributed by atoms with Crippen molar-refractivity contribution in [1.82, 2.24) is 4.90 Å². The first-order valence-corrected chi connectivity index (χ1v) is 12.1. The van der Waals surface area contributed by atoms with Crippen LogP contribution in [0.3, 0.4) is 0 Å². The van der Waals surface area contributed by atoms with Crippen molar-refractivity contribution >= 4 is 23.3 Å². The van der Waals surface area contributed by atoms with E-state index in [9.17, 15) is 9.59 Å². The molecule has 0 N–H and O–H groups in total. The zero-order valence-corrected chi connectivity index (χ0v) is 20.5. The maximum Gasteiger partial charge on any atom is 0.254 e. The third-order valence-corrected chi connectivity index (χ3v) is 6.99. The van der Waals surface area contributed by atoms with E-state index in [1.165, 1.54) is 0 Å². The highest BCUT2D eigenvalue weighted by molar-refractivity contribution is 6.24. The largest absolute Gasteiger partial charge is 0.493 e. The van der Waals surface area contributed by atoms with Crippen molar-refractivity contribution in [2.75, 3.05) is 27.3 Å². The summed E-state index contributed by atoms with van der Waals surface area (Å²) in [6.07, 6.45) is 3.45. The van der Waals surface area contributed by atoms with Crippen LogP contribution in [-0.2, 0) is 4.79 Å². The molecule has 2 heterocycles. The van der Waals surface area contributed by atoms with Gasteiger partial charge < -0.3 is 19.1 Å². The van der Waals surface area contributed by atoms with Crippen LogP contribution in [0.1, 0.15) is 40.7 Å². The number of carbonyl (C=O) groups excluding carboxylic acids is 2. The fourth-order valence-corrected chi connectivity index (χ4v) is 5.01. The Kier molecular flexibility index (Phi) is 6.51. The number of methoxy groups -OCH3 is 2. The molecule has 1 amide bonds. The molecule has 2 aliphatic heterocycles. The van der Waals surface area contributed by atoms with Gasteiger partial charge in [-0.3, -0.25) is 9.59 Å². The van der Waals surface area contributed by atoms with Crippen LogP contribution in [0.2, 0.25) is 0 Å². The minimum Gasteiger partial charge on any atom is -0.493 e. The summed E-state index contributed by atoms with van der Waals surface area (Å²) < 4.78 is 17.1. The summed E-state index contributed by atoms with van der Waals surface area (Å²) >= 11 is 0. The number of piperidine rings is 1. The second-order valence-corrected chi connectivity index (χ2v) is 9.21. The fourth-order valence-electron chi connectivity index (χ4n) is 5.01. The van der Waals surface area contributed by atoms with Crippen LogP contribution in [-0.4, -0.2) is 49.5 Å². The topological polar surface area (TPSA) is 65.1 Å². The van der Waals surface area contributed by atoms with E-state index in [2.05, 4.69) is 0 Å². The highest BCUT2D eigenvalue weighted by Crippen LogP contribution is 2.40. The Morgan fingerprint density at radius 3 is 2.33 bits per heavy atom. The number of hydrogen-bond acceptors (Lipinski definition) is 5. The molecular formula is C30H29NO5. The predicted octanol–water partition coefficient (Wildman–Crippen LogP) is 5.27. The standard InChI is InChI=1S/C30H29NO5/c1-34-27-13-12-21(19-28(27)35-2)18-24(22-8-4-3-5-9-22)29(33)31-16-14-30(15-17-31)20-25(32)23-10-6-7-11-26(23)36-30/h3-13,18-19H,14-17,20H2,1-2H3/b24-18+. The summed E-state index contributed by atoms with van der Waals surface area (Å²) in [6, 6.07) is 22.7. The van der Waals surface area contributed by atoms with Crippen molar-refractivity contribution in [2.45, 2.75) is 24.9 Å². The smallest absolute Gasteiger partial charge is 0.254 e. The summed E-state index contributed by atoms with van der Waals surface area (Å²) in [4.78, 5) is 28.4. The molecule has 5 rings (SSSR count). The average Bonchev–Trinajstić information content (AvgIpc) is 2.92.